The fraction of sp³-hybridized carbons (Fsp3) is 0.417. The minimum atomic E-state index is -0.365. The molecular weight excluding hydrogens is 260 g/mol. The third kappa shape index (κ3) is 2.97. The van der Waals surface area contributed by atoms with Gasteiger partial charge in [0.25, 0.3) is 5.69 Å². The first kappa shape index (κ1) is 14.1. The monoisotopic (exact) mass is 276 g/mol. The van der Waals surface area contributed by atoms with E-state index in [4.69, 9.17) is 0 Å². The molecule has 0 atom stereocenters. The van der Waals surface area contributed by atoms with Crippen molar-refractivity contribution in [3.05, 3.63) is 45.3 Å². The highest BCUT2D eigenvalue weighted by atomic mass is 16.6. The maximum atomic E-state index is 11.0. The van der Waals surface area contributed by atoms with Gasteiger partial charge in [0.2, 0.25) is 0 Å². The fourth-order valence-electron chi connectivity index (χ4n) is 1.98. The molecule has 0 bridgehead atoms. The Balaban J connectivity index is 2.06. The van der Waals surface area contributed by atoms with E-state index in [-0.39, 0.29) is 10.6 Å². The fourth-order valence-corrected chi connectivity index (χ4v) is 1.98. The smallest absolute Gasteiger partial charge is 0.278 e. The Morgan fingerprint density at radius 1 is 1.35 bits per heavy atom. The van der Waals surface area contributed by atoms with Gasteiger partial charge in [-0.25, -0.2) is 4.98 Å². The lowest BCUT2D eigenvalue weighted by Crippen LogP contribution is -2.16. The molecule has 0 aliphatic heterocycles. The average molecular weight is 276 g/mol. The maximum Gasteiger partial charge on any atom is 0.278 e. The van der Waals surface area contributed by atoms with Crippen molar-refractivity contribution in [3.8, 4) is 0 Å². The van der Waals surface area contributed by atoms with Crippen molar-refractivity contribution in [2.75, 3.05) is 0 Å². The second kappa shape index (κ2) is 5.74. The summed E-state index contributed by atoms with van der Waals surface area (Å²) in [5.41, 5.74) is 1.96. The van der Waals surface area contributed by atoms with Crippen LogP contribution in [0.5, 0.6) is 0 Å². The van der Waals surface area contributed by atoms with E-state index in [1.165, 1.54) is 6.20 Å². The third-order valence-corrected chi connectivity index (χ3v) is 2.98. The van der Waals surface area contributed by atoms with Gasteiger partial charge in [0.15, 0.2) is 5.82 Å². The van der Waals surface area contributed by atoms with Gasteiger partial charge in [-0.15, -0.1) is 0 Å². The number of hydrogen-bond donors (Lipinski definition) is 1. The van der Waals surface area contributed by atoms with Crippen LogP contribution >= 0.6 is 0 Å². The minimum Gasteiger partial charge on any atom is -0.304 e. The summed E-state index contributed by atoms with van der Waals surface area (Å²) in [4.78, 5) is 19.0. The van der Waals surface area contributed by atoms with E-state index in [1.54, 1.807) is 31.9 Å². The summed E-state index contributed by atoms with van der Waals surface area (Å²) in [6, 6.07) is 0. The molecule has 0 saturated carbocycles. The van der Waals surface area contributed by atoms with Gasteiger partial charge in [0.1, 0.15) is 6.33 Å². The predicted molar refractivity (Wildman–Crippen MR) is 71.9 cm³/mol. The molecule has 0 radical (unpaired) electrons. The molecule has 0 amide bonds. The van der Waals surface area contributed by atoms with Crippen molar-refractivity contribution >= 4 is 5.69 Å². The molecule has 2 aromatic rings. The Hall–Kier alpha value is -2.35. The SMILES string of the molecule is Cc1cnc(CNCc2ncn(C)n2)c(C)c1[N+](=O)[O-]. The lowest BCUT2D eigenvalue weighted by Gasteiger charge is -2.07. The Morgan fingerprint density at radius 2 is 2.10 bits per heavy atom. The number of nitrogens with one attached hydrogen (secondary N) is 1. The predicted octanol–water partition coefficient (Wildman–Crippen LogP) is 1.02. The lowest BCUT2D eigenvalue weighted by atomic mass is 10.1. The van der Waals surface area contributed by atoms with Crippen molar-refractivity contribution in [1.82, 2.24) is 25.1 Å². The molecule has 1 N–H and O–H groups in total. The molecule has 20 heavy (non-hydrogen) atoms. The van der Waals surface area contributed by atoms with Crippen molar-refractivity contribution in [3.63, 3.8) is 0 Å². The molecule has 0 saturated heterocycles. The van der Waals surface area contributed by atoms with E-state index in [1.807, 2.05) is 0 Å². The number of aryl methyl sites for hydroxylation is 2. The zero-order valence-corrected chi connectivity index (χ0v) is 11.6. The molecule has 0 unspecified atom stereocenters. The Kier molecular flexibility index (Phi) is 4.04. The second-order valence-corrected chi connectivity index (χ2v) is 4.56. The van der Waals surface area contributed by atoms with Gasteiger partial charge >= 0.3 is 0 Å². The van der Waals surface area contributed by atoms with Crippen molar-refractivity contribution in [2.45, 2.75) is 26.9 Å². The van der Waals surface area contributed by atoms with Crippen LogP contribution in [0.2, 0.25) is 0 Å². The summed E-state index contributed by atoms with van der Waals surface area (Å²) < 4.78 is 1.62. The molecule has 0 spiro atoms. The number of hydrogen-bond acceptors (Lipinski definition) is 6. The van der Waals surface area contributed by atoms with Crippen LogP contribution in [0.4, 0.5) is 5.69 Å². The molecule has 8 nitrogen and oxygen atoms in total. The van der Waals surface area contributed by atoms with E-state index in [0.29, 0.717) is 35.7 Å². The summed E-state index contributed by atoms with van der Waals surface area (Å²) in [5, 5.41) is 18.3. The van der Waals surface area contributed by atoms with Crippen LogP contribution in [-0.2, 0) is 20.1 Å². The van der Waals surface area contributed by atoms with Crippen LogP contribution in [0.25, 0.3) is 0 Å². The largest absolute Gasteiger partial charge is 0.304 e. The molecule has 106 valence electrons. The van der Waals surface area contributed by atoms with Crippen molar-refractivity contribution < 1.29 is 4.92 Å². The molecule has 0 fully saturated rings. The van der Waals surface area contributed by atoms with Gasteiger partial charge < -0.3 is 5.32 Å². The van der Waals surface area contributed by atoms with Crippen LogP contribution in [-0.4, -0.2) is 24.7 Å². The number of pyridine rings is 1. The molecule has 0 aliphatic rings. The van der Waals surface area contributed by atoms with E-state index < -0.39 is 0 Å². The standard InChI is InChI=1S/C12H16N6O2/c1-8-4-14-10(9(2)12(8)18(19)20)5-13-6-11-15-7-17(3)16-11/h4,7,13H,5-6H2,1-3H3. The highest BCUT2D eigenvalue weighted by Gasteiger charge is 2.18. The number of rotatable bonds is 5. The first-order valence-electron chi connectivity index (χ1n) is 6.13. The highest BCUT2D eigenvalue weighted by molar-refractivity contribution is 5.47. The summed E-state index contributed by atoms with van der Waals surface area (Å²) in [6.45, 7) is 4.33. The first-order chi connectivity index (χ1) is 9.49. The molecule has 2 heterocycles. The van der Waals surface area contributed by atoms with Gasteiger partial charge in [0, 0.05) is 30.9 Å². The van der Waals surface area contributed by atoms with Crippen molar-refractivity contribution in [2.24, 2.45) is 7.05 Å². The van der Waals surface area contributed by atoms with Crippen LogP contribution in [0.3, 0.4) is 0 Å². The van der Waals surface area contributed by atoms with Crippen LogP contribution in [0.15, 0.2) is 12.5 Å². The van der Waals surface area contributed by atoms with Crippen LogP contribution in [0, 0.1) is 24.0 Å². The van der Waals surface area contributed by atoms with Gasteiger partial charge in [-0.3, -0.25) is 19.8 Å². The van der Waals surface area contributed by atoms with E-state index in [0.717, 1.165) is 0 Å². The van der Waals surface area contributed by atoms with Gasteiger partial charge in [0.05, 0.1) is 17.2 Å². The first-order valence-corrected chi connectivity index (χ1v) is 6.13. The van der Waals surface area contributed by atoms with Crippen molar-refractivity contribution in [1.29, 1.82) is 0 Å². The minimum absolute atomic E-state index is 0.132. The molecule has 0 aliphatic carbocycles. The van der Waals surface area contributed by atoms with Gasteiger partial charge in [-0.2, -0.15) is 5.10 Å². The number of nitrogens with zero attached hydrogens (tertiary/aromatic N) is 5. The molecule has 2 rings (SSSR count). The number of nitro groups is 1. The van der Waals surface area contributed by atoms with Gasteiger partial charge in [-0.1, -0.05) is 0 Å². The van der Waals surface area contributed by atoms with E-state index >= 15 is 0 Å². The molecular formula is C12H16N6O2. The third-order valence-electron chi connectivity index (χ3n) is 2.98. The van der Waals surface area contributed by atoms with E-state index in [2.05, 4.69) is 20.4 Å². The normalized spacial score (nSPS) is 10.8. The molecule has 0 aromatic carbocycles. The van der Waals surface area contributed by atoms with E-state index in [9.17, 15) is 10.1 Å². The summed E-state index contributed by atoms with van der Waals surface area (Å²) >= 11 is 0. The highest BCUT2D eigenvalue weighted by Crippen LogP contribution is 2.23. The average Bonchev–Trinajstić information content (AvgIpc) is 2.77. The number of aromatic nitrogens is 4. The second-order valence-electron chi connectivity index (χ2n) is 4.56. The Bertz CT molecular complexity index is 637. The maximum absolute atomic E-state index is 11.0. The lowest BCUT2D eigenvalue weighted by molar-refractivity contribution is -0.386. The topological polar surface area (TPSA) is 98.8 Å². The Morgan fingerprint density at radius 3 is 2.70 bits per heavy atom. The summed E-state index contributed by atoms with van der Waals surface area (Å²) in [6.07, 6.45) is 3.15. The molecule has 2 aromatic heterocycles. The zero-order chi connectivity index (χ0) is 14.7. The Labute approximate surface area is 116 Å². The summed E-state index contributed by atoms with van der Waals surface area (Å²) in [5.74, 6) is 0.673. The van der Waals surface area contributed by atoms with Gasteiger partial charge in [-0.05, 0) is 13.8 Å². The molecule has 8 heteroatoms. The quantitative estimate of drug-likeness (QED) is 0.646. The zero-order valence-electron chi connectivity index (χ0n) is 11.6. The summed E-state index contributed by atoms with van der Waals surface area (Å²) in [7, 11) is 1.80. The van der Waals surface area contributed by atoms with Crippen LogP contribution < -0.4 is 5.32 Å². The van der Waals surface area contributed by atoms with Crippen LogP contribution in [0.1, 0.15) is 22.6 Å².